The first-order valence-corrected chi connectivity index (χ1v) is 13.0. The van der Waals surface area contributed by atoms with Crippen LogP contribution in [-0.4, -0.2) is 47.2 Å². The molecule has 0 aromatic heterocycles. The van der Waals surface area contributed by atoms with Crippen LogP contribution in [0, 0.1) is 0 Å². The summed E-state index contributed by atoms with van der Waals surface area (Å²) in [6.07, 6.45) is 17.5. The highest BCUT2D eigenvalue weighted by atomic mass is 16.6. The smallest absolute Gasteiger partial charge is 0.412 e. The van der Waals surface area contributed by atoms with Gasteiger partial charge in [0.25, 0.3) is 0 Å². The summed E-state index contributed by atoms with van der Waals surface area (Å²) in [6, 6.07) is -0.0489. The van der Waals surface area contributed by atoms with Gasteiger partial charge in [-0.1, -0.05) is 84.0 Å². The molecule has 1 amide bonds. The minimum absolute atomic E-state index is 0.0489. The van der Waals surface area contributed by atoms with Crippen LogP contribution in [0.1, 0.15) is 125 Å². The van der Waals surface area contributed by atoms with Crippen LogP contribution in [0.5, 0.6) is 0 Å². The second kappa shape index (κ2) is 12.4. The third-order valence-electron chi connectivity index (χ3n) is 6.45. The fourth-order valence-corrected chi connectivity index (χ4v) is 4.65. The molecule has 182 valence electrons. The molecular formula is C26H49NO4. The van der Waals surface area contributed by atoms with Gasteiger partial charge >= 0.3 is 6.09 Å². The predicted octanol–water partition coefficient (Wildman–Crippen LogP) is 7.22. The van der Waals surface area contributed by atoms with E-state index in [1.54, 1.807) is 4.90 Å². The number of carbonyl (C=O) groups is 1. The molecule has 5 heteroatoms. The number of hydrogen-bond acceptors (Lipinski definition) is 4. The van der Waals surface area contributed by atoms with E-state index >= 15 is 0 Å². The topological polar surface area (TPSA) is 51.3 Å². The average molecular weight is 440 g/mol. The predicted molar refractivity (Wildman–Crippen MR) is 126 cm³/mol. The van der Waals surface area contributed by atoms with E-state index in [1.165, 1.54) is 77.0 Å². The molecule has 0 aromatic carbocycles. The van der Waals surface area contributed by atoms with Gasteiger partial charge in [-0.3, -0.25) is 4.90 Å². The number of rotatable bonds is 14. The van der Waals surface area contributed by atoms with Crippen molar-refractivity contribution in [2.24, 2.45) is 0 Å². The van der Waals surface area contributed by atoms with Crippen LogP contribution < -0.4 is 0 Å². The van der Waals surface area contributed by atoms with E-state index in [2.05, 4.69) is 6.92 Å². The van der Waals surface area contributed by atoms with Crippen molar-refractivity contribution >= 4 is 6.09 Å². The molecule has 2 rings (SSSR count). The monoisotopic (exact) mass is 439 g/mol. The van der Waals surface area contributed by atoms with Gasteiger partial charge in [0.05, 0.1) is 18.8 Å². The molecule has 0 unspecified atom stereocenters. The fraction of sp³-hybridized carbons (Fsp3) is 0.962. The molecule has 2 aliphatic heterocycles. The molecule has 5 nitrogen and oxygen atoms in total. The van der Waals surface area contributed by atoms with Crippen LogP contribution in [0.3, 0.4) is 0 Å². The highest BCUT2D eigenvalue weighted by molar-refractivity contribution is 5.70. The van der Waals surface area contributed by atoms with Crippen molar-refractivity contribution in [3.63, 3.8) is 0 Å². The van der Waals surface area contributed by atoms with Crippen LogP contribution in [0.25, 0.3) is 0 Å². The van der Waals surface area contributed by atoms with Gasteiger partial charge < -0.3 is 14.2 Å². The minimum Gasteiger partial charge on any atom is -0.444 e. The minimum atomic E-state index is -0.653. The number of ether oxygens (including phenoxy) is 3. The van der Waals surface area contributed by atoms with Gasteiger partial charge in [0.1, 0.15) is 17.4 Å². The van der Waals surface area contributed by atoms with Gasteiger partial charge in [0, 0.05) is 0 Å². The molecule has 2 saturated heterocycles. The normalized spacial score (nSPS) is 25.1. The number of hydrogen-bond donors (Lipinski definition) is 0. The summed E-state index contributed by atoms with van der Waals surface area (Å²) in [5.74, 6) is 0. The highest BCUT2D eigenvalue weighted by Gasteiger charge is 2.56. The molecule has 0 saturated carbocycles. The van der Waals surface area contributed by atoms with Gasteiger partial charge in [-0.25, -0.2) is 4.79 Å². The van der Waals surface area contributed by atoms with Crippen molar-refractivity contribution in [1.29, 1.82) is 0 Å². The van der Waals surface area contributed by atoms with Crippen molar-refractivity contribution in [2.45, 2.75) is 155 Å². The molecule has 0 aromatic rings. The summed E-state index contributed by atoms with van der Waals surface area (Å²) in [4.78, 5) is 14.5. The van der Waals surface area contributed by atoms with Crippen molar-refractivity contribution in [2.75, 3.05) is 6.61 Å². The molecule has 3 atom stereocenters. The zero-order valence-corrected chi connectivity index (χ0v) is 21.2. The third-order valence-corrected chi connectivity index (χ3v) is 6.45. The van der Waals surface area contributed by atoms with E-state index in [1.807, 2.05) is 34.6 Å². The Balaban J connectivity index is 1.57. The second-order valence-corrected chi connectivity index (χ2v) is 11.0. The van der Waals surface area contributed by atoms with Crippen LogP contribution in [0.2, 0.25) is 0 Å². The molecule has 0 bridgehead atoms. The Morgan fingerprint density at radius 1 is 0.935 bits per heavy atom. The van der Waals surface area contributed by atoms with Crippen molar-refractivity contribution in [1.82, 2.24) is 4.90 Å². The first-order chi connectivity index (χ1) is 14.7. The molecule has 31 heavy (non-hydrogen) atoms. The lowest BCUT2D eigenvalue weighted by Gasteiger charge is -2.34. The Bertz CT molecular complexity index is 528. The maximum Gasteiger partial charge on any atom is 0.412 e. The third kappa shape index (κ3) is 9.29. The van der Waals surface area contributed by atoms with E-state index in [9.17, 15) is 4.79 Å². The number of amides is 1. The van der Waals surface area contributed by atoms with E-state index < -0.39 is 11.3 Å². The van der Waals surface area contributed by atoms with Gasteiger partial charge in [-0.2, -0.15) is 0 Å². The van der Waals surface area contributed by atoms with Crippen molar-refractivity contribution in [3.05, 3.63) is 0 Å². The van der Waals surface area contributed by atoms with Gasteiger partial charge in [0.2, 0.25) is 0 Å². The van der Waals surface area contributed by atoms with Crippen LogP contribution in [0.4, 0.5) is 4.79 Å². The standard InChI is InChI=1S/C26H49NO4/c1-7-8-9-10-11-12-13-14-15-16-17-18-19-22-23(30-22)21-20-29-26(5,6)27(21)24(28)31-25(2,3)4/h21-23H,7-20H2,1-6H3/t21-,22+,23-/m0/s1. The van der Waals surface area contributed by atoms with Crippen molar-refractivity contribution < 1.29 is 19.0 Å². The SMILES string of the molecule is CCCCCCCCCCCCCC[C@H]1O[C@H]1[C@@H]1COC(C)(C)N1C(=O)OC(C)(C)C. The quantitative estimate of drug-likeness (QED) is 0.212. The molecule has 0 N–H and O–H groups in total. The lowest BCUT2D eigenvalue weighted by atomic mass is 10.0. The van der Waals surface area contributed by atoms with E-state index in [-0.39, 0.29) is 24.3 Å². The van der Waals surface area contributed by atoms with Gasteiger partial charge in [-0.15, -0.1) is 0 Å². The maximum absolute atomic E-state index is 12.8. The lowest BCUT2D eigenvalue weighted by molar-refractivity contribution is -0.0632. The summed E-state index contributed by atoms with van der Waals surface area (Å²) < 4.78 is 17.5. The van der Waals surface area contributed by atoms with Crippen LogP contribution in [0.15, 0.2) is 0 Å². The highest BCUT2D eigenvalue weighted by Crippen LogP contribution is 2.40. The first kappa shape index (κ1) is 26.4. The molecule has 2 aliphatic rings. The molecule has 0 radical (unpaired) electrons. The lowest BCUT2D eigenvalue weighted by Crippen LogP contribution is -2.51. The molecule has 0 spiro atoms. The summed E-state index contributed by atoms with van der Waals surface area (Å²) in [5.41, 5.74) is -1.17. The Kier molecular flexibility index (Phi) is 10.6. The van der Waals surface area contributed by atoms with E-state index in [0.717, 1.165) is 6.42 Å². The summed E-state index contributed by atoms with van der Waals surface area (Å²) in [6.45, 7) is 12.3. The van der Waals surface area contributed by atoms with E-state index in [4.69, 9.17) is 14.2 Å². The summed E-state index contributed by atoms with van der Waals surface area (Å²) in [5, 5.41) is 0. The first-order valence-electron chi connectivity index (χ1n) is 13.0. The van der Waals surface area contributed by atoms with Crippen LogP contribution in [-0.2, 0) is 14.2 Å². The number of epoxide rings is 1. The van der Waals surface area contributed by atoms with Gasteiger partial charge in [0.15, 0.2) is 0 Å². The number of unbranched alkanes of at least 4 members (excludes halogenated alkanes) is 11. The van der Waals surface area contributed by atoms with Crippen LogP contribution >= 0.6 is 0 Å². The zero-order chi connectivity index (χ0) is 22.9. The zero-order valence-electron chi connectivity index (χ0n) is 21.2. The Hall–Kier alpha value is -0.810. The Morgan fingerprint density at radius 3 is 1.97 bits per heavy atom. The summed E-state index contributed by atoms with van der Waals surface area (Å²) >= 11 is 0. The average Bonchev–Trinajstić information content (AvgIpc) is 3.36. The summed E-state index contributed by atoms with van der Waals surface area (Å²) in [7, 11) is 0. The largest absolute Gasteiger partial charge is 0.444 e. The number of nitrogens with zero attached hydrogens (tertiary/aromatic N) is 1. The maximum atomic E-state index is 12.8. The second-order valence-electron chi connectivity index (χ2n) is 11.0. The fourth-order valence-electron chi connectivity index (χ4n) is 4.65. The molecule has 2 heterocycles. The molecule has 2 fully saturated rings. The van der Waals surface area contributed by atoms with Gasteiger partial charge in [-0.05, 0) is 41.0 Å². The van der Waals surface area contributed by atoms with Crippen molar-refractivity contribution in [3.8, 4) is 0 Å². The Morgan fingerprint density at radius 2 is 1.45 bits per heavy atom. The number of carbonyl (C=O) groups excluding carboxylic acids is 1. The molecular weight excluding hydrogens is 390 g/mol. The molecule has 0 aliphatic carbocycles. The van der Waals surface area contributed by atoms with E-state index in [0.29, 0.717) is 6.61 Å². The Labute approximate surface area is 191 Å².